The molecule has 3 aromatic carbocycles. The van der Waals surface area contributed by atoms with Crippen molar-refractivity contribution in [2.75, 3.05) is 23.4 Å². The first-order valence-electron chi connectivity index (χ1n) is 11.6. The molecule has 1 heterocycles. The summed E-state index contributed by atoms with van der Waals surface area (Å²) in [5.74, 6) is -0.343. The van der Waals surface area contributed by atoms with E-state index in [4.69, 9.17) is 4.74 Å². The van der Waals surface area contributed by atoms with Crippen molar-refractivity contribution in [1.82, 2.24) is 5.32 Å². The van der Waals surface area contributed by atoms with Crippen molar-refractivity contribution in [2.45, 2.75) is 26.8 Å². The molecule has 1 atom stereocenters. The van der Waals surface area contributed by atoms with Gasteiger partial charge >= 0.3 is 0 Å². The van der Waals surface area contributed by atoms with Crippen molar-refractivity contribution < 1.29 is 19.1 Å². The molecule has 0 bridgehead atoms. The van der Waals surface area contributed by atoms with Gasteiger partial charge in [0, 0.05) is 30.9 Å². The zero-order valence-corrected chi connectivity index (χ0v) is 19.9. The number of benzene rings is 3. The van der Waals surface area contributed by atoms with E-state index in [1.165, 1.54) is 0 Å². The van der Waals surface area contributed by atoms with E-state index in [1.807, 2.05) is 62.4 Å². The highest BCUT2D eigenvalue weighted by atomic mass is 16.5. The number of rotatable bonds is 8. The van der Waals surface area contributed by atoms with Crippen LogP contribution in [0.5, 0.6) is 5.75 Å². The molecule has 0 saturated carbocycles. The lowest BCUT2D eigenvalue weighted by molar-refractivity contribution is -0.126. The fourth-order valence-corrected chi connectivity index (χ4v) is 4.06. The van der Waals surface area contributed by atoms with E-state index in [0.29, 0.717) is 24.5 Å². The second kappa shape index (κ2) is 10.9. The summed E-state index contributed by atoms with van der Waals surface area (Å²) >= 11 is 0. The van der Waals surface area contributed by atoms with E-state index >= 15 is 0 Å². The number of amides is 3. The van der Waals surface area contributed by atoms with Crippen LogP contribution in [0.3, 0.4) is 0 Å². The van der Waals surface area contributed by atoms with Crippen molar-refractivity contribution in [3.63, 3.8) is 0 Å². The van der Waals surface area contributed by atoms with Crippen LogP contribution >= 0.6 is 0 Å². The lowest BCUT2D eigenvalue weighted by atomic mass is 10.1. The van der Waals surface area contributed by atoms with E-state index < -0.39 is 5.92 Å². The molecule has 0 spiro atoms. The standard InChI is InChI=1S/C28H29N3O4/c1-19-6-5-9-23(14-19)30-26(32)18-35-25-12-10-24(11-13-25)31-17-22(15-27(31)33)28(34)29-16-21-8-4-3-7-20(21)2/h3-14,22H,15-18H2,1-2H3,(H,29,34)(H,30,32)/t22-/m1/s1. The molecule has 0 radical (unpaired) electrons. The van der Waals surface area contributed by atoms with Crippen molar-refractivity contribution in [2.24, 2.45) is 5.92 Å². The maximum Gasteiger partial charge on any atom is 0.262 e. The first-order valence-corrected chi connectivity index (χ1v) is 11.6. The summed E-state index contributed by atoms with van der Waals surface area (Å²) in [5.41, 5.74) is 4.65. The van der Waals surface area contributed by atoms with Gasteiger partial charge in [0.1, 0.15) is 5.75 Å². The van der Waals surface area contributed by atoms with Gasteiger partial charge in [0.2, 0.25) is 11.8 Å². The third kappa shape index (κ3) is 6.26. The van der Waals surface area contributed by atoms with Gasteiger partial charge in [0.05, 0.1) is 5.92 Å². The van der Waals surface area contributed by atoms with E-state index in [9.17, 15) is 14.4 Å². The summed E-state index contributed by atoms with van der Waals surface area (Å²) in [6.07, 6.45) is 0.178. The topological polar surface area (TPSA) is 87.7 Å². The first kappa shape index (κ1) is 24.0. The van der Waals surface area contributed by atoms with Gasteiger partial charge in [-0.25, -0.2) is 0 Å². The van der Waals surface area contributed by atoms with Gasteiger partial charge in [-0.3, -0.25) is 14.4 Å². The largest absolute Gasteiger partial charge is 0.484 e. The summed E-state index contributed by atoms with van der Waals surface area (Å²) in [4.78, 5) is 39.0. The SMILES string of the molecule is Cc1cccc(NC(=O)COc2ccc(N3C[C@H](C(=O)NCc4ccccc4C)CC3=O)cc2)c1. The fraction of sp³-hybridized carbons (Fsp3) is 0.250. The second-order valence-corrected chi connectivity index (χ2v) is 8.75. The molecule has 0 aliphatic carbocycles. The highest BCUT2D eigenvalue weighted by molar-refractivity contribution is 6.00. The molecule has 35 heavy (non-hydrogen) atoms. The van der Waals surface area contributed by atoms with Crippen LogP contribution in [0.15, 0.2) is 72.8 Å². The second-order valence-electron chi connectivity index (χ2n) is 8.75. The summed E-state index contributed by atoms with van der Waals surface area (Å²) in [6.45, 7) is 4.61. The van der Waals surface area contributed by atoms with Crippen LogP contribution in [0.25, 0.3) is 0 Å². The van der Waals surface area contributed by atoms with Crippen LogP contribution < -0.4 is 20.3 Å². The summed E-state index contributed by atoms with van der Waals surface area (Å²) in [7, 11) is 0. The summed E-state index contributed by atoms with van der Waals surface area (Å²) in [6, 6.07) is 22.4. The van der Waals surface area contributed by atoms with E-state index in [-0.39, 0.29) is 30.7 Å². The van der Waals surface area contributed by atoms with Crippen molar-refractivity contribution in [1.29, 1.82) is 0 Å². The fourth-order valence-electron chi connectivity index (χ4n) is 4.06. The maximum atomic E-state index is 12.7. The van der Waals surface area contributed by atoms with Crippen molar-refractivity contribution in [3.8, 4) is 5.75 Å². The normalized spacial score (nSPS) is 15.1. The third-order valence-electron chi connectivity index (χ3n) is 6.03. The van der Waals surface area contributed by atoms with E-state index in [2.05, 4.69) is 10.6 Å². The Morgan fingerprint density at radius 2 is 1.77 bits per heavy atom. The predicted molar refractivity (Wildman–Crippen MR) is 135 cm³/mol. The molecular weight excluding hydrogens is 442 g/mol. The molecular formula is C28H29N3O4. The Balaban J connectivity index is 1.27. The number of hydrogen-bond donors (Lipinski definition) is 2. The predicted octanol–water partition coefficient (Wildman–Crippen LogP) is 3.99. The van der Waals surface area contributed by atoms with Crippen molar-refractivity contribution in [3.05, 3.63) is 89.5 Å². The quantitative estimate of drug-likeness (QED) is 0.520. The molecule has 3 aromatic rings. The molecule has 4 rings (SSSR count). The Hall–Kier alpha value is -4.13. The minimum atomic E-state index is -0.396. The molecule has 3 amide bonds. The van der Waals surface area contributed by atoms with Crippen LogP contribution in [0.2, 0.25) is 0 Å². The van der Waals surface area contributed by atoms with Crippen LogP contribution in [0.1, 0.15) is 23.1 Å². The van der Waals surface area contributed by atoms with Gasteiger partial charge in [-0.2, -0.15) is 0 Å². The number of nitrogens with zero attached hydrogens (tertiary/aromatic N) is 1. The minimum Gasteiger partial charge on any atom is -0.484 e. The highest BCUT2D eigenvalue weighted by Gasteiger charge is 2.35. The average molecular weight is 472 g/mol. The third-order valence-corrected chi connectivity index (χ3v) is 6.03. The smallest absolute Gasteiger partial charge is 0.262 e. The van der Waals surface area contributed by atoms with Gasteiger partial charge in [0.15, 0.2) is 6.61 Å². The van der Waals surface area contributed by atoms with E-state index in [0.717, 1.165) is 22.4 Å². The Morgan fingerprint density at radius 3 is 2.51 bits per heavy atom. The zero-order valence-electron chi connectivity index (χ0n) is 19.9. The highest BCUT2D eigenvalue weighted by Crippen LogP contribution is 2.27. The summed E-state index contributed by atoms with van der Waals surface area (Å²) in [5, 5.41) is 5.75. The van der Waals surface area contributed by atoms with E-state index in [1.54, 1.807) is 29.2 Å². The first-order chi connectivity index (χ1) is 16.9. The van der Waals surface area contributed by atoms with Crippen LogP contribution in [0, 0.1) is 19.8 Å². The van der Waals surface area contributed by atoms with Gasteiger partial charge in [0.25, 0.3) is 5.91 Å². The number of ether oxygens (including phenoxy) is 1. The Kier molecular flexibility index (Phi) is 7.45. The lowest BCUT2D eigenvalue weighted by Crippen LogP contribution is -2.32. The molecule has 1 saturated heterocycles. The number of carbonyl (C=O) groups excluding carboxylic acids is 3. The number of carbonyl (C=O) groups is 3. The zero-order chi connectivity index (χ0) is 24.8. The Bertz CT molecular complexity index is 1220. The van der Waals surface area contributed by atoms with Gasteiger partial charge in [-0.15, -0.1) is 0 Å². The molecule has 180 valence electrons. The van der Waals surface area contributed by atoms with Gasteiger partial charge < -0.3 is 20.3 Å². The molecule has 7 heteroatoms. The number of anilines is 2. The lowest BCUT2D eigenvalue weighted by Gasteiger charge is -2.17. The number of nitrogens with one attached hydrogen (secondary N) is 2. The van der Waals surface area contributed by atoms with Crippen molar-refractivity contribution >= 4 is 29.1 Å². The monoisotopic (exact) mass is 471 g/mol. The molecule has 1 fully saturated rings. The van der Waals surface area contributed by atoms with Crippen LogP contribution in [-0.4, -0.2) is 30.9 Å². The van der Waals surface area contributed by atoms with Gasteiger partial charge in [-0.1, -0.05) is 36.4 Å². The summed E-state index contributed by atoms with van der Waals surface area (Å²) < 4.78 is 5.58. The number of hydrogen-bond acceptors (Lipinski definition) is 4. The molecule has 1 aliphatic rings. The number of aryl methyl sites for hydroxylation is 2. The Labute approximate surface area is 205 Å². The maximum absolute atomic E-state index is 12.7. The van der Waals surface area contributed by atoms with Crippen LogP contribution in [-0.2, 0) is 20.9 Å². The molecule has 0 aromatic heterocycles. The average Bonchev–Trinajstić information content (AvgIpc) is 3.24. The molecule has 1 aliphatic heterocycles. The molecule has 0 unspecified atom stereocenters. The Morgan fingerprint density at radius 1 is 1.00 bits per heavy atom. The molecule has 2 N–H and O–H groups in total. The minimum absolute atomic E-state index is 0.0905. The van der Waals surface area contributed by atoms with Gasteiger partial charge in [-0.05, 0) is 66.9 Å². The van der Waals surface area contributed by atoms with Crippen LogP contribution in [0.4, 0.5) is 11.4 Å². The molecule has 7 nitrogen and oxygen atoms in total.